The Hall–Kier alpha value is -3.43. The van der Waals surface area contributed by atoms with Gasteiger partial charge in [-0.15, -0.1) is 0 Å². The standard InChI is InChI=1S/C35H41ClN4O4/c36-32-16-7-26(20-38-28-8-9-28)19-27(32)23-39(29-10-11-29)35(42)33-21-37-22-34(41)40(33)30-12-14-31(15-13-30)44-18-4-17-43-24-25-5-2-1-3-6-25/h1-3,5-7,12-16,19,28-29,33,37-38H,4,8-11,17-18,20-24H2/t33-/m1/s1. The van der Waals surface area contributed by atoms with Gasteiger partial charge in [0.25, 0.3) is 0 Å². The van der Waals surface area contributed by atoms with Crippen LogP contribution in [0.5, 0.6) is 5.75 Å². The molecule has 3 aromatic rings. The number of hydrogen-bond donors (Lipinski definition) is 2. The van der Waals surface area contributed by atoms with Crippen molar-refractivity contribution >= 4 is 29.1 Å². The maximum Gasteiger partial charge on any atom is 0.247 e. The summed E-state index contributed by atoms with van der Waals surface area (Å²) in [5.74, 6) is 0.537. The maximum atomic E-state index is 14.1. The van der Waals surface area contributed by atoms with Crippen LogP contribution in [0.4, 0.5) is 5.69 Å². The Morgan fingerprint density at radius 1 is 0.977 bits per heavy atom. The molecule has 1 heterocycles. The molecular formula is C35H41ClN4O4. The van der Waals surface area contributed by atoms with Crippen molar-refractivity contribution in [3.8, 4) is 5.75 Å². The van der Waals surface area contributed by atoms with Crippen LogP contribution in [0.25, 0.3) is 0 Å². The lowest BCUT2D eigenvalue weighted by atomic mass is 10.1. The van der Waals surface area contributed by atoms with Crippen LogP contribution in [-0.2, 0) is 34.0 Å². The molecule has 3 aliphatic rings. The summed E-state index contributed by atoms with van der Waals surface area (Å²) in [6, 6.07) is 23.8. The van der Waals surface area contributed by atoms with E-state index in [2.05, 4.69) is 16.7 Å². The first-order chi connectivity index (χ1) is 21.5. The Bertz CT molecular complexity index is 1410. The Morgan fingerprint density at radius 2 is 1.77 bits per heavy atom. The first-order valence-electron chi connectivity index (χ1n) is 15.7. The van der Waals surface area contributed by atoms with Gasteiger partial charge in [0.1, 0.15) is 11.8 Å². The van der Waals surface area contributed by atoms with E-state index in [-0.39, 0.29) is 24.4 Å². The number of anilines is 1. The number of carbonyl (C=O) groups excluding carboxylic acids is 2. The Balaban J connectivity index is 1.06. The molecule has 0 aromatic heterocycles. The van der Waals surface area contributed by atoms with Crippen LogP contribution < -0.4 is 20.3 Å². The molecule has 6 rings (SSSR count). The number of nitrogens with one attached hydrogen (secondary N) is 2. The summed E-state index contributed by atoms with van der Waals surface area (Å²) in [6.07, 6.45) is 5.15. The summed E-state index contributed by atoms with van der Waals surface area (Å²) in [5, 5.41) is 7.36. The highest BCUT2D eigenvalue weighted by molar-refractivity contribution is 6.31. The SMILES string of the molecule is O=C([C@H]1CNCC(=O)N1c1ccc(OCCCOCc2ccccc2)cc1)N(Cc1cc(CNC2CC2)ccc1Cl)C1CC1. The van der Waals surface area contributed by atoms with E-state index in [0.29, 0.717) is 55.4 Å². The molecule has 8 nitrogen and oxygen atoms in total. The Morgan fingerprint density at radius 3 is 2.52 bits per heavy atom. The zero-order valence-corrected chi connectivity index (χ0v) is 25.8. The summed E-state index contributed by atoms with van der Waals surface area (Å²) in [6.45, 7) is 3.53. The van der Waals surface area contributed by atoms with Crippen LogP contribution in [0, 0.1) is 0 Å². The third-order valence-corrected chi connectivity index (χ3v) is 8.67. The number of carbonyl (C=O) groups is 2. The highest BCUT2D eigenvalue weighted by atomic mass is 35.5. The van der Waals surface area contributed by atoms with E-state index >= 15 is 0 Å². The summed E-state index contributed by atoms with van der Waals surface area (Å²) < 4.78 is 11.7. The number of ether oxygens (including phenoxy) is 2. The average molecular weight is 617 g/mol. The lowest BCUT2D eigenvalue weighted by Gasteiger charge is -2.38. The predicted octanol–water partition coefficient (Wildman–Crippen LogP) is 5.07. The van der Waals surface area contributed by atoms with Gasteiger partial charge >= 0.3 is 0 Å². The van der Waals surface area contributed by atoms with E-state index < -0.39 is 6.04 Å². The Labute approximate surface area is 264 Å². The number of benzene rings is 3. The number of amides is 2. The molecule has 3 fully saturated rings. The quantitative estimate of drug-likeness (QED) is 0.232. The molecule has 1 aliphatic heterocycles. The summed E-state index contributed by atoms with van der Waals surface area (Å²) in [4.78, 5) is 30.9. The fourth-order valence-electron chi connectivity index (χ4n) is 5.56. The molecule has 44 heavy (non-hydrogen) atoms. The molecular weight excluding hydrogens is 576 g/mol. The minimum atomic E-state index is -0.635. The topological polar surface area (TPSA) is 83.1 Å². The smallest absolute Gasteiger partial charge is 0.247 e. The molecule has 9 heteroatoms. The van der Waals surface area contributed by atoms with Gasteiger partial charge in [0.2, 0.25) is 11.8 Å². The zero-order valence-electron chi connectivity index (χ0n) is 25.1. The largest absolute Gasteiger partial charge is 0.494 e. The van der Waals surface area contributed by atoms with E-state index in [1.54, 1.807) is 4.90 Å². The van der Waals surface area contributed by atoms with E-state index in [1.165, 1.54) is 12.8 Å². The van der Waals surface area contributed by atoms with Crippen LogP contribution in [-0.4, -0.2) is 61.1 Å². The van der Waals surface area contributed by atoms with Crippen LogP contribution in [0.15, 0.2) is 72.8 Å². The van der Waals surface area contributed by atoms with Crippen LogP contribution >= 0.6 is 11.6 Å². The molecule has 0 bridgehead atoms. The molecule has 0 unspecified atom stereocenters. The molecule has 1 saturated heterocycles. The van der Waals surface area contributed by atoms with Crippen molar-refractivity contribution < 1.29 is 19.1 Å². The summed E-state index contributed by atoms with van der Waals surface area (Å²) in [5.41, 5.74) is 3.95. The normalized spacial score (nSPS) is 18.3. The van der Waals surface area contributed by atoms with Gasteiger partial charge in [-0.25, -0.2) is 0 Å². The van der Waals surface area contributed by atoms with Gasteiger partial charge < -0.3 is 25.0 Å². The Kier molecular flexibility index (Phi) is 10.1. The number of halogens is 1. The van der Waals surface area contributed by atoms with Crippen molar-refractivity contribution in [2.24, 2.45) is 0 Å². The van der Waals surface area contributed by atoms with E-state index in [0.717, 1.165) is 42.5 Å². The zero-order chi connectivity index (χ0) is 30.3. The number of nitrogens with zero attached hydrogens (tertiary/aromatic N) is 2. The highest BCUT2D eigenvalue weighted by Gasteiger charge is 2.41. The lowest BCUT2D eigenvalue weighted by Crippen LogP contribution is -2.61. The monoisotopic (exact) mass is 616 g/mol. The molecule has 3 aromatic carbocycles. The molecule has 0 spiro atoms. The molecule has 0 radical (unpaired) electrons. The maximum absolute atomic E-state index is 14.1. The summed E-state index contributed by atoms with van der Waals surface area (Å²) in [7, 11) is 0. The third kappa shape index (κ3) is 8.18. The van der Waals surface area contributed by atoms with Gasteiger partial charge in [0.15, 0.2) is 0 Å². The molecule has 2 amide bonds. The molecule has 2 saturated carbocycles. The van der Waals surface area contributed by atoms with Crippen LogP contribution in [0.2, 0.25) is 5.02 Å². The van der Waals surface area contributed by atoms with Crippen LogP contribution in [0.1, 0.15) is 48.8 Å². The van der Waals surface area contributed by atoms with Crippen molar-refractivity contribution in [1.29, 1.82) is 0 Å². The number of piperazine rings is 1. The van der Waals surface area contributed by atoms with Crippen molar-refractivity contribution in [1.82, 2.24) is 15.5 Å². The molecule has 1 atom stereocenters. The van der Waals surface area contributed by atoms with Gasteiger partial charge in [-0.3, -0.25) is 14.5 Å². The van der Waals surface area contributed by atoms with Gasteiger partial charge in [-0.1, -0.05) is 54.1 Å². The van der Waals surface area contributed by atoms with E-state index in [9.17, 15) is 9.59 Å². The van der Waals surface area contributed by atoms with Crippen molar-refractivity contribution in [3.05, 3.63) is 94.5 Å². The van der Waals surface area contributed by atoms with Crippen molar-refractivity contribution in [3.63, 3.8) is 0 Å². The van der Waals surface area contributed by atoms with Gasteiger partial charge in [0, 0.05) is 48.8 Å². The minimum absolute atomic E-state index is 0.0542. The number of rotatable bonds is 15. The van der Waals surface area contributed by atoms with E-state index in [1.807, 2.05) is 71.6 Å². The second kappa shape index (κ2) is 14.6. The van der Waals surface area contributed by atoms with Crippen molar-refractivity contribution in [2.45, 2.75) is 69.9 Å². The third-order valence-electron chi connectivity index (χ3n) is 8.30. The predicted molar refractivity (Wildman–Crippen MR) is 172 cm³/mol. The first-order valence-corrected chi connectivity index (χ1v) is 16.1. The second-order valence-electron chi connectivity index (χ2n) is 11.9. The van der Waals surface area contributed by atoms with Gasteiger partial charge in [-0.05, 0) is 72.7 Å². The first kappa shape index (κ1) is 30.6. The van der Waals surface area contributed by atoms with E-state index in [4.69, 9.17) is 21.1 Å². The van der Waals surface area contributed by atoms with Crippen LogP contribution in [0.3, 0.4) is 0 Å². The molecule has 2 aliphatic carbocycles. The highest BCUT2D eigenvalue weighted by Crippen LogP contribution is 2.33. The molecule has 2 N–H and O–H groups in total. The van der Waals surface area contributed by atoms with Crippen molar-refractivity contribution in [2.75, 3.05) is 31.2 Å². The van der Waals surface area contributed by atoms with Gasteiger partial charge in [-0.2, -0.15) is 0 Å². The molecule has 232 valence electrons. The number of hydrogen-bond acceptors (Lipinski definition) is 6. The van der Waals surface area contributed by atoms with Gasteiger partial charge in [0.05, 0.1) is 26.4 Å². The lowest BCUT2D eigenvalue weighted by molar-refractivity contribution is -0.136. The fraction of sp³-hybridized carbons (Fsp3) is 0.429. The minimum Gasteiger partial charge on any atom is -0.494 e. The average Bonchev–Trinajstić information content (AvgIpc) is 3.98. The summed E-state index contributed by atoms with van der Waals surface area (Å²) >= 11 is 6.63. The second-order valence-corrected chi connectivity index (χ2v) is 12.3. The fourth-order valence-corrected chi connectivity index (χ4v) is 5.74.